The van der Waals surface area contributed by atoms with Crippen LogP contribution in [0.15, 0.2) is 48.5 Å². The first-order chi connectivity index (χ1) is 12.8. The van der Waals surface area contributed by atoms with Gasteiger partial charge in [0.25, 0.3) is 0 Å². The van der Waals surface area contributed by atoms with Gasteiger partial charge in [0.1, 0.15) is 0 Å². The van der Waals surface area contributed by atoms with E-state index in [2.05, 4.69) is 29.2 Å². The van der Waals surface area contributed by atoms with Crippen LogP contribution in [0, 0.1) is 0 Å². The van der Waals surface area contributed by atoms with E-state index in [1.54, 1.807) is 0 Å². The van der Waals surface area contributed by atoms with E-state index in [1.165, 1.54) is 69.2 Å². The lowest BCUT2D eigenvalue weighted by Gasteiger charge is -2.39. The summed E-state index contributed by atoms with van der Waals surface area (Å²) in [5, 5.41) is 0. The highest BCUT2D eigenvalue weighted by Gasteiger charge is 2.26. The Hall–Kier alpha value is -1.93. The highest BCUT2D eigenvalue weighted by atomic mass is 16.1. The zero-order chi connectivity index (χ0) is 17.8. The fourth-order valence-electron chi connectivity index (χ4n) is 4.72. The topological polar surface area (TPSA) is 20.3 Å². The molecule has 26 heavy (non-hydrogen) atoms. The fraction of sp³-hybridized carbons (Fsp3) is 0.458. The summed E-state index contributed by atoms with van der Waals surface area (Å²) in [5.74, 6) is 0.705. The largest absolute Gasteiger partial charge is 0.300 e. The van der Waals surface area contributed by atoms with Gasteiger partial charge in [-0.15, -0.1) is 0 Å². The number of rotatable bonds is 4. The molecule has 2 heteroatoms. The standard InChI is InChI=1S/C24H28NO/c26-18-19-6-8-20(9-7-19)21-10-12-22(13-11-21)23-14-16-25(17-15-23)24-4-2-1-3-5-24/h6-13,23-24H,1-5,14-17H2. The summed E-state index contributed by atoms with van der Waals surface area (Å²) >= 11 is 0. The van der Waals surface area contributed by atoms with E-state index in [0.717, 1.165) is 11.6 Å². The zero-order valence-corrected chi connectivity index (χ0v) is 15.5. The van der Waals surface area contributed by atoms with Crippen LogP contribution in [0.2, 0.25) is 0 Å². The van der Waals surface area contributed by atoms with Crippen LogP contribution in [-0.2, 0) is 4.79 Å². The van der Waals surface area contributed by atoms with Gasteiger partial charge in [0.15, 0.2) is 0 Å². The van der Waals surface area contributed by atoms with E-state index in [0.29, 0.717) is 11.5 Å². The molecular weight excluding hydrogens is 318 g/mol. The van der Waals surface area contributed by atoms with Crippen LogP contribution in [0.4, 0.5) is 0 Å². The molecule has 1 radical (unpaired) electrons. The Morgan fingerprint density at radius 1 is 0.731 bits per heavy atom. The molecule has 0 N–H and O–H groups in total. The molecule has 2 aliphatic rings. The maximum atomic E-state index is 10.7. The summed E-state index contributed by atoms with van der Waals surface area (Å²) in [6, 6.07) is 17.6. The second kappa shape index (κ2) is 8.18. The lowest BCUT2D eigenvalue weighted by atomic mass is 9.86. The van der Waals surface area contributed by atoms with E-state index < -0.39 is 0 Å². The van der Waals surface area contributed by atoms with Crippen LogP contribution in [-0.4, -0.2) is 30.3 Å². The van der Waals surface area contributed by atoms with Crippen molar-refractivity contribution in [2.75, 3.05) is 13.1 Å². The molecule has 1 heterocycles. The third kappa shape index (κ3) is 3.91. The van der Waals surface area contributed by atoms with Crippen molar-refractivity contribution in [2.45, 2.75) is 56.9 Å². The Bertz CT molecular complexity index is 705. The van der Waals surface area contributed by atoms with Crippen LogP contribution >= 0.6 is 0 Å². The molecule has 2 nitrogen and oxygen atoms in total. The Morgan fingerprint density at radius 3 is 1.88 bits per heavy atom. The van der Waals surface area contributed by atoms with Crippen LogP contribution in [0.1, 0.15) is 62.0 Å². The predicted molar refractivity (Wildman–Crippen MR) is 107 cm³/mol. The van der Waals surface area contributed by atoms with E-state index in [-0.39, 0.29) is 0 Å². The number of likely N-dealkylation sites (tertiary alicyclic amines) is 1. The fourth-order valence-corrected chi connectivity index (χ4v) is 4.72. The number of benzene rings is 2. The molecule has 2 fully saturated rings. The molecule has 0 bridgehead atoms. The average Bonchev–Trinajstić information content (AvgIpc) is 2.75. The van der Waals surface area contributed by atoms with Gasteiger partial charge in [-0.05, 0) is 61.4 Å². The predicted octanol–water partition coefficient (Wildman–Crippen LogP) is 5.32. The molecule has 1 saturated carbocycles. The Kier molecular flexibility index (Phi) is 5.50. The first-order valence-corrected chi connectivity index (χ1v) is 10.2. The van der Waals surface area contributed by atoms with Crippen molar-refractivity contribution in [3.63, 3.8) is 0 Å². The molecule has 4 rings (SSSR count). The molecule has 1 aliphatic heterocycles. The van der Waals surface area contributed by atoms with Crippen LogP contribution in [0.5, 0.6) is 0 Å². The molecule has 0 unspecified atom stereocenters. The van der Waals surface area contributed by atoms with Crippen molar-refractivity contribution in [1.82, 2.24) is 4.90 Å². The van der Waals surface area contributed by atoms with Gasteiger partial charge in [0.05, 0.1) is 0 Å². The maximum Gasteiger partial charge on any atom is 0.233 e. The van der Waals surface area contributed by atoms with Crippen LogP contribution in [0.3, 0.4) is 0 Å². The van der Waals surface area contributed by atoms with E-state index in [1.807, 2.05) is 30.6 Å². The maximum absolute atomic E-state index is 10.7. The molecule has 0 spiro atoms. The van der Waals surface area contributed by atoms with Crippen molar-refractivity contribution >= 4 is 6.29 Å². The zero-order valence-electron chi connectivity index (χ0n) is 15.5. The SMILES string of the molecule is O=[C]c1ccc(-c2ccc(C3CCN(C4CCCCC4)CC3)cc2)cc1. The summed E-state index contributed by atoms with van der Waals surface area (Å²) in [4.78, 5) is 13.4. The Labute approximate surface area is 157 Å². The molecule has 2 aromatic carbocycles. The smallest absolute Gasteiger partial charge is 0.233 e. The van der Waals surface area contributed by atoms with Crippen molar-refractivity contribution in [2.24, 2.45) is 0 Å². The third-order valence-corrected chi connectivity index (χ3v) is 6.34. The van der Waals surface area contributed by atoms with Crippen LogP contribution in [0.25, 0.3) is 11.1 Å². The molecular formula is C24H28NO. The Morgan fingerprint density at radius 2 is 1.31 bits per heavy atom. The van der Waals surface area contributed by atoms with Crippen molar-refractivity contribution in [3.05, 3.63) is 59.7 Å². The van der Waals surface area contributed by atoms with Gasteiger partial charge in [-0.25, -0.2) is 0 Å². The van der Waals surface area contributed by atoms with Crippen molar-refractivity contribution < 1.29 is 4.79 Å². The summed E-state index contributed by atoms with van der Waals surface area (Å²) in [7, 11) is 0. The summed E-state index contributed by atoms with van der Waals surface area (Å²) in [6.45, 7) is 2.53. The number of hydrogen-bond acceptors (Lipinski definition) is 2. The van der Waals surface area contributed by atoms with Gasteiger partial charge in [-0.2, -0.15) is 0 Å². The van der Waals surface area contributed by atoms with E-state index >= 15 is 0 Å². The molecule has 1 aliphatic carbocycles. The second-order valence-corrected chi connectivity index (χ2v) is 7.90. The van der Waals surface area contributed by atoms with Gasteiger partial charge < -0.3 is 4.90 Å². The monoisotopic (exact) mass is 346 g/mol. The highest BCUT2D eigenvalue weighted by molar-refractivity contribution is 5.77. The molecule has 1 saturated heterocycles. The number of hydrogen-bond donors (Lipinski definition) is 0. The summed E-state index contributed by atoms with van der Waals surface area (Å²) in [6.07, 6.45) is 11.6. The molecule has 135 valence electrons. The minimum atomic E-state index is 0.607. The quantitative estimate of drug-likeness (QED) is 0.746. The van der Waals surface area contributed by atoms with Crippen LogP contribution < -0.4 is 0 Å². The summed E-state index contributed by atoms with van der Waals surface area (Å²) in [5.41, 5.74) is 4.46. The molecule has 0 atom stereocenters. The Balaban J connectivity index is 1.37. The molecule has 0 amide bonds. The first-order valence-electron chi connectivity index (χ1n) is 10.2. The van der Waals surface area contributed by atoms with Gasteiger partial charge in [-0.1, -0.05) is 67.8 Å². The molecule has 0 aromatic heterocycles. The minimum Gasteiger partial charge on any atom is -0.300 e. The van der Waals surface area contributed by atoms with Gasteiger partial charge in [0, 0.05) is 11.6 Å². The normalized spacial score (nSPS) is 20.2. The first kappa shape index (κ1) is 17.5. The highest BCUT2D eigenvalue weighted by Crippen LogP contribution is 2.33. The van der Waals surface area contributed by atoms with E-state index in [4.69, 9.17) is 0 Å². The number of piperidine rings is 1. The lowest BCUT2D eigenvalue weighted by Crippen LogP contribution is -2.41. The van der Waals surface area contributed by atoms with Crippen molar-refractivity contribution in [3.8, 4) is 11.1 Å². The van der Waals surface area contributed by atoms with Crippen molar-refractivity contribution in [1.29, 1.82) is 0 Å². The lowest BCUT2D eigenvalue weighted by molar-refractivity contribution is 0.122. The second-order valence-electron chi connectivity index (χ2n) is 7.90. The summed E-state index contributed by atoms with van der Waals surface area (Å²) < 4.78 is 0. The minimum absolute atomic E-state index is 0.607. The third-order valence-electron chi connectivity index (χ3n) is 6.34. The van der Waals surface area contributed by atoms with Gasteiger partial charge in [0.2, 0.25) is 6.29 Å². The molecule has 2 aromatic rings. The van der Waals surface area contributed by atoms with E-state index in [9.17, 15) is 4.79 Å². The average molecular weight is 346 g/mol. The number of nitrogens with zero attached hydrogens (tertiary/aromatic N) is 1. The van der Waals surface area contributed by atoms with Gasteiger partial charge in [-0.3, -0.25) is 4.79 Å². The van der Waals surface area contributed by atoms with Gasteiger partial charge >= 0.3 is 0 Å². The number of carbonyl (C=O) groups excluding carboxylic acids is 1.